The molecule has 188 valence electrons. The van der Waals surface area contributed by atoms with Crippen LogP contribution in [0, 0.1) is 0 Å². The normalized spacial score (nSPS) is 11.5. The molecule has 0 atom stereocenters. The molecule has 0 unspecified atom stereocenters. The molecule has 8 rings (SSSR count). The zero-order valence-electron chi connectivity index (χ0n) is 21.6. The molecule has 0 amide bonds. The molecule has 0 aliphatic rings. The van der Waals surface area contributed by atoms with Gasteiger partial charge in [0.15, 0.2) is 11.6 Å². The van der Waals surface area contributed by atoms with Crippen LogP contribution in [0.1, 0.15) is 0 Å². The Morgan fingerprint density at radius 2 is 0.900 bits per heavy atom. The maximum Gasteiger partial charge on any atom is 0.168 e. The van der Waals surface area contributed by atoms with Crippen LogP contribution in [0.15, 0.2) is 146 Å². The molecule has 4 heteroatoms. The molecule has 0 aliphatic carbocycles. The topological polar surface area (TPSA) is 35.6 Å². The van der Waals surface area contributed by atoms with Crippen LogP contribution in [0.3, 0.4) is 0 Å². The summed E-state index contributed by atoms with van der Waals surface area (Å²) in [5.41, 5.74) is 6.59. The lowest BCUT2D eigenvalue weighted by atomic mass is 10.1. The van der Waals surface area contributed by atoms with Gasteiger partial charge in [0.25, 0.3) is 0 Å². The molecule has 0 saturated carbocycles. The van der Waals surface area contributed by atoms with Crippen LogP contribution in [0.2, 0.25) is 0 Å². The molecule has 0 fully saturated rings. The third-order valence-corrected chi connectivity index (χ3v) is 7.67. The van der Waals surface area contributed by atoms with Crippen molar-refractivity contribution in [3.05, 3.63) is 146 Å². The number of benzene rings is 6. The van der Waals surface area contributed by atoms with E-state index < -0.39 is 0 Å². The first-order chi connectivity index (χ1) is 19.9. The molecule has 8 aromatic rings. The van der Waals surface area contributed by atoms with E-state index >= 15 is 0 Å². The third kappa shape index (κ3) is 3.47. The molecule has 0 bridgehead atoms. The van der Waals surface area contributed by atoms with Crippen molar-refractivity contribution in [1.82, 2.24) is 19.3 Å². The summed E-state index contributed by atoms with van der Waals surface area (Å²) in [5.74, 6) is 1.63. The average Bonchev–Trinajstić information content (AvgIpc) is 3.61. The van der Waals surface area contributed by atoms with Crippen LogP contribution in [0.5, 0.6) is 0 Å². The Morgan fingerprint density at radius 3 is 1.57 bits per heavy atom. The molecule has 2 aromatic heterocycles. The van der Waals surface area contributed by atoms with E-state index in [1.807, 2.05) is 18.2 Å². The molecular formula is C36H24N4. The zero-order chi connectivity index (χ0) is 26.5. The second-order valence-corrected chi connectivity index (χ2v) is 9.96. The predicted molar refractivity (Wildman–Crippen MR) is 164 cm³/mol. The van der Waals surface area contributed by atoms with Gasteiger partial charge in [0.1, 0.15) is 0 Å². The lowest BCUT2D eigenvalue weighted by molar-refractivity contribution is 1.08. The van der Waals surface area contributed by atoms with E-state index in [-0.39, 0.29) is 0 Å². The largest absolute Gasteiger partial charge is 0.309 e. The van der Waals surface area contributed by atoms with Gasteiger partial charge in [-0.3, -0.25) is 4.57 Å². The first kappa shape index (κ1) is 22.5. The maximum absolute atomic E-state index is 4.74. The highest BCUT2D eigenvalue weighted by atomic mass is 15.3. The summed E-state index contributed by atoms with van der Waals surface area (Å²) >= 11 is 0. The van der Waals surface area contributed by atoms with Crippen molar-refractivity contribution in [2.75, 3.05) is 0 Å². The summed E-state index contributed by atoms with van der Waals surface area (Å²) in [5, 5.41) is 14.3. The molecule has 0 radical (unpaired) electrons. The van der Waals surface area contributed by atoms with Gasteiger partial charge in [0.05, 0.1) is 16.7 Å². The molecule has 40 heavy (non-hydrogen) atoms. The van der Waals surface area contributed by atoms with Crippen molar-refractivity contribution in [2.45, 2.75) is 0 Å². The SMILES string of the molecule is c1ccc(-c2nnc(-c3ccc(-n4c5ccccc5c5ccccc54)cc3)n2-c2cccc3ccccc23)cc1. The smallest absolute Gasteiger partial charge is 0.168 e. The summed E-state index contributed by atoms with van der Waals surface area (Å²) in [6, 6.07) is 51.0. The highest BCUT2D eigenvalue weighted by Gasteiger charge is 2.19. The minimum atomic E-state index is 0.809. The number of aromatic nitrogens is 4. The Kier molecular flexibility index (Phi) is 5.10. The summed E-state index contributed by atoms with van der Waals surface area (Å²) in [4.78, 5) is 0. The van der Waals surface area contributed by atoms with E-state index in [0.717, 1.165) is 39.5 Å². The van der Waals surface area contributed by atoms with Crippen LogP contribution >= 0.6 is 0 Å². The molecule has 0 spiro atoms. The second kappa shape index (κ2) is 9.07. The van der Waals surface area contributed by atoms with Crippen molar-refractivity contribution < 1.29 is 0 Å². The Labute approximate surface area is 231 Å². The Morgan fingerprint density at radius 1 is 0.375 bits per heavy atom. The van der Waals surface area contributed by atoms with Crippen LogP contribution in [0.25, 0.3) is 66.7 Å². The first-order valence-electron chi connectivity index (χ1n) is 13.4. The van der Waals surface area contributed by atoms with E-state index in [2.05, 4.69) is 137 Å². The van der Waals surface area contributed by atoms with Gasteiger partial charge >= 0.3 is 0 Å². The molecule has 2 heterocycles. The van der Waals surface area contributed by atoms with E-state index in [1.54, 1.807) is 0 Å². The summed E-state index contributed by atoms with van der Waals surface area (Å²) in [6.45, 7) is 0. The average molecular weight is 513 g/mol. The van der Waals surface area contributed by atoms with Gasteiger partial charge in [-0.2, -0.15) is 0 Å². The van der Waals surface area contributed by atoms with Crippen molar-refractivity contribution in [3.63, 3.8) is 0 Å². The van der Waals surface area contributed by atoms with Crippen molar-refractivity contribution in [3.8, 4) is 34.2 Å². The number of fused-ring (bicyclic) bond motifs is 4. The second-order valence-electron chi connectivity index (χ2n) is 9.96. The minimum absolute atomic E-state index is 0.809. The van der Waals surface area contributed by atoms with Crippen LogP contribution in [0.4, 0.5) is 0 Å². The number of para-hydroxylation sites is 2. The first-order valence-corrected chi connectivity index (χ1v) is 13.4. The predicted octanol–water partition coefficient (Wildman–Crippen LogP) is 8.85. The van der Waals surface area contributed by atoms with Gasteiger partial charge in [0.2, 0.25) is 0 Å². The monoisotopic (exact) mass is 512 g/mol. The molecule has 0 aliphatic heterocycles. The molecule has 6 aromatic carbocycles. The fraction of sp³-hybridized carbons (Fsp3) is 0. The standard InChI is InChI=1S/C36H24N4/c1-2-12-26(13-3-1)35-37-38-36(40(35)32-20-10-14-25-11-4-5-15-29(25)32)27-21-23-28(24-22-27)39-33-18-8-6-16-30(33)31-17-7-9-19-34(31)39/h1-24H. The van der Waals surface area contributed by atoms with Crippen molar-refractivity contribution in [1.29, 1.82) is 0 Å². The van der Waals surface area contributed by atoms with Crippen LogP contribution in [-0.2, 0) is 0 Å². The highest BCUT2D eigenvalue weighted by molar-refractivity contribution is 6.09. The number of rotatable bonds is 4. The van der Waals surface area contributed by atoms with E-state index in [0.29, 0.717) is 0 Å². The van der Waals surface area contributed by atoms with Gasteiger partial charge in [-0.1, -0.05) is 103 Å². The molecule has 0 saturated heterocycles. The van der Waals surface area contributed by atoms with E-state index in [1.165, 1.54) is 27.2 Å². The Hall–Kier alpha value is -5.48. The van der Waals surface area contributed by atoms with Crippen LogP contribution in [-0.4, -0.2) is 19.3 Å². The number of hydrogen-bond donors (Lipinski definition) is 0. The van der Waals surface area contributed by atoms with Gasteiger partial charge in [-0.25, -0.2) is 0 Å². The minimum Gasteiger partial charge on any atom is -0.309 e. The fourth-order valence-electron chi connectivity index (χ4n) is 5.84. The fourth-order valence-corrected chi connectivity index (χ4v) is 5.84. The third-order valence-electron chi connectivity index (χ3n) is 7.67. The number of nitrogens with zero attached hydrogens (tertiary/aromatic N) is 4. The van der Waals surface area contributed by atoms with Gasteiger partial charge in [-0.15, -0.1) is 10.2 Å². The zero-order valence-corrected chi connectivity index (χ0v) is 21.6. The summed E-state index contributed by atoms with van der Waals surface area (Å²) < 4.78 is 4.52. The molecule has 0 N–H and O–H groups in total. The van der Waals surface area contributed by atoms with E-state index in [9.17, 15) is 0 Å². The van der Waals surface area contributed by atoms with E-state index in [4.69, 9.17) is 10.2 Å². The van der Waals surface area contributed by atoms with Gasteiger partial charge < -0.3 is 4.57 Å². The van der Waals surface area contributed by atoms with Crippen molar-refractivity contribution in [2.24, 2.45) is 0 Å². The molecular weight excluding hydrogens is 488 g/mol. The lowest BCUT2D eigenvalue weighted by Crippen LogP contribution is -2.01. The Bertz CT molecular complexity index is 2090. The number of hydrogen-bond acceptors (Lipinski definition) is 2. The van der Waals surface area contributed by atoms with Gasteiger partial charge in [0, 0.05) is 33.0 Å². The van der Waals surface area contributed by atoms with Gasteiger partial charge in [-0.05, 0) is 47.9 Å². The lowest BCUT2D eigenvalue weighted by Gasteiger charge is -2.14. The van der Waals surface area contributed by atoms with Crippen molar-refractivity contribution >= 4 is 32.6 Å². The Balaban J connectivity index is 1.32. The highest BCUT2D eigenvalue weighted by Crippen LogP contribution is 2.35. The summed E-state index contributed by atoms with van der Waals surface area (Å²) in [6.07, 6.45) is 0. The van der Waals surface area contributed by atoms with Crippen LogP contribution < -0.4 is 0 Å². The molecule has 4 nitrogen and oxygen atoms in total. The quantitative estimate of drug-likeness (QED) is 0.236. The maximum atomic E-state index is 4.74. The summed E-state index contributed by atoms with van der Waals surface area (Å²) in [7, 11) is 0.